The summed E-state index contributed by atoms with van der Waals surface area (Å²) in [6.45, 7) is 18.4. The Kier molecular flexibility index (Phi) is 8.42. The quantitative estimate of drug-likeness (QED) is 0.352. The Balaban J connectivity index is 2.52. The zero-order chi connectivity index (χ0) is 20.8. The molecule has 0 aliphatic carbocycles. The molecule has 0 N–H and O–H groups in total. The van der Waals surface area contributed by atoms with Gasteiger partial charge in [0.25, 0.3) is 0 Å². The second-order valence-corrected chi connectivity index (χ2v) is 10.2. The molecule has 0 aliphatic rings. The molecule has 0 radical (unpaired) electrons. The maximum Gasteiger partial charge on any atom is 0.154 e. The van der Waals surface area contributed by atoms with E-state index < -0.39 is 8.37 Å². The molecule has 4 nitrogen and oxygen atoms in total. The van der Waals surface area contributed by atoms with Gasteiger partial charge in [0.15, 0.2) is 8.37 Å². The van der Waals surface area contributed by atoms with Crippen molar-refractivity contribution in [2.45, 2.75) is 79.6 Å². The fraction of sp³-hybridized carbons (Fsp3) is 0.522. The van der Waals surface area contributed by atoms with Crippen LogP contribution < -0.4 is 0 Å². The molecule has 5 heteroatoms. The lowest BCUT2D eigenvalue weighted by molar-refractivity contribution is 0.252. The average Bonchev–Trinajstić information content (AvgIpc) is 3.07. The Morgan fingerprint density at radius 1 is 0.750 bits per heavy atom. The molecule has 0 bridgehead atoms. The molecule has 0 saturated heterocycles. The van der Waals surface area contributed by atoms with Crippen molar-refractivity contribution in [1.82, 2.24) is 13.7 Å². The van der Waals surface area contributed by atoms with E-state index in [0.29, 0.717) is 24.2 Å². The molecule has 1 heterocycles. The van der Waals surface area contributed by atoms with E-state index in [4.69, 9.17) is 4.99 Å². The molecule has 0 saturated carbocycles. The second-order valence-electron chi connectivity index (χ2n) is 8.27. The van der Waals surface area contributed by atoms with Crippen molar-refractivity contribution in [3.8, 4) is 0 Å². The average molecular weight is 401 g/mol. The van der Waals surface area contributed by atoms with E-state index in [1.165, 1.54) is 0 Å². The highest BCUT2D eigenvalue weighted by Crippen LogP contribution is 2.51. The molecule has 0 fully saturated rings. The minimum absolute atomic E-state index is 0.451. The van der Waals surface area contributed by atoms with Crippen LogP contribution in [-0.2, 0) is 0 Å². The van der Waals surface area contributed by atoms with Crippen molar-refractivity contribution in [2.75, 3.05) is 0 Å². The van der Waals surface area contributed by atoms with Crippen LogP contribution in [0.4, 0.5) is 5.69 Å². The highest BCUT2D eigenvalue weighted by molar-refractivity contribution is 7.51. The SMILES string of the molecule is CC(C)N(C(C)C)P(N(C(C)C)C(C)C)n1cccc1C=Nc1ccccc1. The van der Waals surface area contributed by atoms with Gasteiger partial charge >= 0.3 is 0 Å². The number of aliphatic imine (C=N–C) groups is 1. The summed E-state index contributed by atoms with van der Waals surface area (Å²) in [5, 5.41) is 0. The zero-order valence-electron chi connectivity index (χ0n) is 18.7. The second kappa shape index (κ2) is 10.3. The summed E-state index contributed by atoms with van der Waals surface area (Å²) in [7, 11) is -0.713. The number of aromatic nitrogens is 1. The van der Waals surface area contributed by atoms with Gasteiger partial charge in [0.1, 0.15) is 0 Å². The van der Waals surface area contributed by atoms with Crippen LogP contribution in [-0.4, -0.2) is 44.1 Å². The number of para-hydroxylation sites is 1. The molecule has 0 aliphatic heterocycles. The first-order valence-electron chi connectivity index (χ1n) is 10.4. The third-order valence-electron chi connectivity index (χ3n) is 4.58. The Hall–Kier alpha value is -1.48. The third kappa shape index (κ3) is 5.53. The molecule has 0 unspecified atom stereocenters. The Morgan fingerprint density at radius 3 is 1.71 bits per heavy atom. The predicted molar refractivity (Wildman–Crippen MR) is 125 cm³/mol. The van der Waals surface area contributed by atoms with Crippen molar-refractivity contribution in [3.05, 3.63) is 54.4 Å². The lowest BCUT2D eigenvalue weighted by atomic mass is 10.3. The standard InChI is InChI=1S/C23H37N4P/c1-18(2)26(19(3)4)28(27(20(5)6)21(7)8)25-16-12-15-23(25)17-24-22-13-10-9-11-14-22/h9-21H,1-8H3. The van der Waals surface area contributed by atoms with Gasteiger partial charge in [-0.1, -0.05) is 18.2 Å². The van der Waals surface area contributed by atoms with E-state index in [0.717, 1.165) is 11.4 Å². The van der Waals surface area contributed by atoms with Crippen LogP contribution in [0.15, 0.2) is 53.7 Å². The van der Waals surface area contributed by atoms with Gasteiger partial charge in [-0.25, -0.2) is 9.34 Å². The van der Waals surface area contributed by atoms with E-state index >= 15 is 0 Å². The summed E-state index contributed by atoms with van der Waals surface area (Å²) < 4.78 is 7.73. The lowest BCUT2D eigenvalue weighted by Gasteiger charge is -2.47. The minimum Gasteiger partial charge on any atom is -0.300 e. The monoisotopic (exact) mass is 400 g/mol. The first-order valence-corrected chi connectivity index (χ1v) is 11.6. The van der Waals surface area contributed by atoms with Gasteiger partial charge in [-0.3, -0.25) is 9.33 Å². The Morgan fingerprint density at radius 2 is 1.25 bits per heavy atom. The maximum absolute atomic E-state index is 4.72. The normalized spacial score (nSPS) is 13.0. The molecule has 0 atom stereocenters. The third-order valence-corrected chi connectivity index (χ3v) is 8.01. The molecule has 1 aromatic heterocycles. The van der Waals surface area contributed by atoms with Crippen molar-refractivity contribution in [1.29, 1.82) is 0 Å². The molecule has 154 valence electrons. The van der Waals surface area contributed by atoms with Crippen molar-refractivity contribution < 1.29 is 0 Å². The fourth-order valence-corrected chi connectivity index (χ4v) is 6.52. The van der Waals surface area contributed by atoms with Gasteiger partial charge in [0.05, 0.1) is 17.6 Å². The maximum atomic E-state index is 4.72. The highest BCUT2D eigenvalue weighted by Gasteiger charge is 2.35. The highest BCUT2D eigenvalue weighted by atomic mass is 31.2. The van der Waals surface area contributed by atoms with Gasteiger partial charge < -0.3 is 0 Å². The summed E-state index contributed by atoms with van der Waals surface area (Å²) in [6.07, 6.45) is 4.22. The molecular weight excluding hydrogens is 363 g/mol. The minimum atomic E-state index is -0.713. The first kappa shape index (κ1) is 22.8. The number of hydrogen-bond acceptors (Lipinski definition) is 3. The summed E-state index contributed by atoms with van der Waals surface area (Å²) in [5.74, 6) is 0. The summed E-state index contributed by atoms with van der Waals surface area (Å²) in [6, 6.07) is 16.3. The summed E-state index contributed by atoms with van der Waals surface area (Å²) in [5.41, 5.74) is 2.13. The van der Waals surface area contributed by atoms with Crippen LogP contribution >= 0.6 is 8.37 Å². The zero-order valence-corrected chi connectivity index (χ0v) is 19.6. The predicted octanol–water partition coefficient (Wildman–Crippen LogP) is 6.55. The molecular formula is C23H37N4P. The number of rotatable bonds is 9. The van der Waals surface area contributed by atoms with Crippen LogP contribution in [0.2, 0.25) is 0 Å². The van der Waals surface area contributed by atoms with Gasteiger partial charge in [0.2, 0.25) is 0 Å². The van der Waals surface area contributed by atoms with E-state index in [9.17, 15) is 0 Å². The van der Waals surface area contributed by atoms with Crippen molar-refractivity contribution in [2.24, 2.45) is 4.99 Å². The van der Waals surface area contributed by atoms with E-state index in [-0.39, 0.29) is 0 Å². The Labute approximate surface area is 173 Å². The molecule has 2 rings (SSSR count). The lowest BCUT2D eigenvalue weighted by Crippen LogP contribution is -2.44. The van der Waals surface area contributed by atoms with E-state index in [1.807, 2.05) is 36.5 Å². The molecule has 28 heavy (non-hydrogen) atoms. The molecule has 1 aromatic carbocycles. The molecule has 2 aromatic rings. The molecule has 0 amide bonds. The van der Waals surface area contributed by atoms with Crippen LogP contribution in [0.3, 0.4) is 0 Å². The van der Waals surface area contributed by atoms with Gasteiger partial charge in [-0.2, -0.15) is 0 Å². The first-order chi connectivity index (χ1) is 13.2. The fourth-order valence-electron chi connectivity index (χ4n) is 3.67. The summed E-state index contributed by atoms with van der Waals surface area (Å²) >= 11 is 0. The van der Waals surface area contributed by atoms with Crippen LogP contribution in [0.5, 0.6) is 0 Å². The topological polar surface area (TPSA) is 23.8 Å². The smallest absolute Gasteiger partial charge is 0.154 e. The van der Waals surface area contributed by atoms with Crippen LogP contribution in [0, 0.1) is 0 Å². The summed E-state index contributed by atoms with van der Waals surface area (Å²) in [4.78, 5) is 4.72. The van der Waals surface area contributed by atoms with E-state index in [1.54, 1.807) is 0 Å². The number of nitrogens with zero attached hydrogens (tertiary/aromatic N) is 4. The largest absolute Gasteiger partial charge is 0.300 e. The van der Waals surface area contributed by atoms with Crippen molar-refractivity contribution in [3.63, 3.8) is 0 Å². The molecule has 0 spiro atoms. The van der Waals surface area contributed by atoms with Crippen molar-refractivity contribution >= 4 is 20.3 Å². The Bertz CT molecular complexity index is 698. The van der Waals surface area contributed by atoms with Crippen LogP contribution in [0.1, 0.15) is 61.1 Å². The van der Waals surface area contributed by atoms with Gasteiger partial charge in [-0.15, -0.1) is 0 Å². The number of benzene rings is 1. The van der Waals surface area contributed by atoms with E-state index in [2.05, 4.69) is 87.4 Å². The number of hydrogen-bond donors (Lipinski definition) is 0. The van der Waals surface area contributed by atoms with Crippen LogP contribution in [0.25, 0.3) is 0 Å². The van der Waals surface area contributed by atoms with Gasteiger partial charge in [-0.05, 0) is 79.7 Å². The van der Waals surface area contributed by atoms with Gasteiger partial charge in [0, 0.05) is 30.4 Å².